The summed E-state index contributed by atoms with van der Waals surface area (Å²) >= 11 is 5.90. The molecular formula is C19H23ClN2O4S. The number of carbonyl (C=O) groups is 1. The molecule has 1 amide bonds. The zero-order chi connectivity index (χ0) is 20.0. The van der Waals surface area contributed by atoms with E-state index in [1.807, 2.05) is 13.8 Å². The molecule has 2 rings (SSSR count). The molecule has 0 aliphatic carbocycles. The summed E-state index contributed by atoms with van der Waals surface area (Å²) in [6, 6.07) is 11.7. The van der Waals surface area contributed by atoms with E-state index >= 15 is 0 Å². The predicted molar refractivity (Wildman–Crippen MR) is 106 cm³/mol. The first-order valence-electron chi connectivity index (χ1n) is 8.46. The second kappa shape index (κ2) is 9.21. The van der Waals surface area contributed by atoms with E-state index < -0.39 is 16.1 Å². The summed E-state index contributed by atoms with van der Waals surface area (Å²) < 4.78 is 32.4. The topological polar surface area (TPSA) is 84.5 Å². The Balaban J connectivity index is 1.80. The van der Waals surface area contributed by atoms with E-state index in [-0.39, 0.29) is 23.9 Å². The number of amides is 1. The van der Waals surface area contributed by atoms with Crippen LogP contribution in [0.15, 0.2) is 47.4 Å². The Morgan fingerprint density at radius 2 is 1.78 bits per heavy atom. The van der Waals surface area contributed by atoms with Gasteiger partial charge in [-0.2, -0.15) is 0 Å². The van der Waals surface area contributed by atoms with Crippen LogP contribution in [0.25, 0.3) is 0 Å². The molecule has 0 saturated heterocycles. The average Bonchev–Trinajstić information content (AvgIpc) is 2.61. The zero-order valence-corrected chi connectivity index (χ0v) is 17.0. The maximum Gasteiger partial charge on any atom is 0.260 e. The average molecular weight is 411 g/mol. The highest BCUT2D eigenvalue weighted by atomic mass is 35.5. The third-order valence-electron chi connectivity index (χ3n) is 3.86. The molecule has 0 fully saturated rings. The Hall–Kier alpha value is -2.09. The molecule has 0 aromatic heterocycles. The lowest BCUT2D eigenvalue weighted by Crippen LogP contribution is -2.40. The standard InChI is InChI=1S/C19H23ClN2O4S/c1-13-4-7-17(8-5-13)27(24,25)22-11-10-21-19(23)15(3)26-18-9-6-16(20)12-14(18)2/h4-9,12,15,22H,10-11H2,1-3H3,(H,21,23). The molecule has 146 valence electrons. The first-order valence-corrected chi connectivity index (χ1v) is 10.3. The molecule has 2 N–H and O–H groups in total. The maximum absolute atomic E-state index is 12.2. The summed E-state index contributed by atoms with van der Waals surface area (Å²) in [5.41, 5.74) is 1.80. The molecule has 0 bridgehead atoms. The summed E-state index contributed by atoms with van der Waals surface area (Å²) in [6.45, 7) is 5.57. The van der Waals surface area contributed by atoms with Crippen LogP contribution in [-0.4, -0.2) is 33.5 Å². The van der Waals surface area contributed by atoms with Gasteiger partial charge in [-0.3, -0.25) is 4.79 Å². The van der Waals surface area contributed by atoms with Gasteiger partial charge in [0.05, 0.1) is 4.90 Å². The molecule has 1 unspecified atom stereocenters. The van der Waals surface area contributed by atoms with Gasteiger partial charge in [0.2, 0.25) is 10.0 Å². The SMILES string of the molecule is Cc1ccc(S(=O)(=O)NCCNC(=O)C(C)Oc2ccc(Cl)cc2C)cc1. The molecular weight excluding hydrogens is 388 g/mol. The van der Waals surface area contributed by atoms with Crippen LogP contribution < -0.4 is 14.8 Å². The highest BCUT2D eigenvalue weighted by Crippen LogP contribution is 2.22. The van der Waals surface area contributed by atoms with Crippen molar-refractivity contribution in [2.45, 2.75) is 31.8 Å². The van der Waals surface area contributed by atoms with Crippen LogP contribution in [0, 0.1) is 13.8 Å². The van der Waals surface area contributed by atoms with Crippen LogP contribution in [0.5, 0.6) is 5.75 Å². The Labute approximate surface area is 164 Å². The molecule has 0 radical (unpaired) electrons. The smallest absolute Gasteiger partial charge is 0.260 e. The highest BCUT2D eigenvalue weighted by Gasteiger charge is 2.16. The molecule has 0 heterocycles. The molecule has 0 saturated carbocycles. The lowest BCUT2D eigenvalue weighted by molar-refractivity contribution is -0.127. The van der Waals surface area contributed by atoms with Gasteiger partial charge in [-0.05, 0) is 56.7 Å². The molecule has 27 heavy (non-hydrogen) atoms. The van der Waals surface area contributed by atoms with Crippen molar-refractivity contribution in [1.29, 1.82) is 0 Å². The monoisotopic (exact) mass is 410 g/mol. The Morgan fingerprint density at radius 1 is 1.11 bits per heavy atom. The van der Waals surface area contributed by atoms with Crippen molar-refractivity contribution in [1.82, 2.24) is 10.0 Å². The number of hydrogen-bond donors (Lipinski definition) is 2. The minimum Gasteiger partial charge on any atom is -0.481 e. The summed E-state index contributed by atoms with van der Waals surface area (Å²) in [5.74, 6) is 0.237. The molecule has 0 aliphatic rings. The number of hydrogen-bond acceptors (Lipinski definition) is 4. The van der Waals surface area contributed by atoms with Crippen molar-refractivity contribution in [2.24, 2.45) is 0 Å². The van der Waals surface area contributed by atoms with Crippen LogP contribution in [0.2, 0.25) is 5.02 Å². The Bertz CT molecular complexity index is 898. The third kappa shape index (κ3) is 6.23. The fourth-order valence-electron chi connectivity index (χ4n) is 2.30. The normalized spacial score (nSPS) is 12.4. The molecule has 0 aliphatic heterocycles. The second-order valence-corrected chi connectivity index (χ2v) is 8.38. The van der Waals surface area contributed by atoms with Gasteiger partial charge in [0.1, 0.15) is 5.75 Å². The van der Waals surface area contributed by atoms with Gasteiger partial charge < -0.3 is 10.1 Å². The molecule has 8 heteroatoms. The number of halogens is 1. The number of carbonyl (C=O) groups excluding carboxylic acids is 1. The fraction of sp³-hybridized carbons (Fsp3) is 0.316. The largest absolute Gasteiger partial charge is 0.481 e. The first kappa shape index (κ1) is 21.2. The van der Waals surface area contributed by atoms with E-state index in [1.54, 1.807) is 49.4 Å². The molecule has 6 nitrogen and oxygen atoms in total. The van der Waals surface area contributed by atoms with E-state index in [0.717, 1.165) is 11.1 Å². The molecule has 1 atom stereocenters. The van der Waals surface area contributed by atoms with Crippen LogP contribution in [0.3, 0.4) is 0 Å². The van der Waals surface area contributed by atoms with Crippen molar-refractivity contribution in [3.63, 3.8) is 0 Å². The van der Waals surface area contributed by atoms with Gasteiger partial charge in [-0.25, -0.2) is 13.1 Å². The number of nitrogens with one attached hydrogen (secondary N) is 2. The maximum atomic E-state index is 12.2. The number of rotatable bonds is 8. The molecule has 2 aromatic carbocycles. The predicted octanol–water partition coefficient (Wildman–Crippen LogP) is 2.82. The third-order valence-corrected chi connectivity index (χ3v) is 5.57. The van der Waals surface area contributed by atoms with Gasteiger partial charge in [-0.15, -0.1) is 0 Å². The van der Waals surface area contributed by atoms with Crippen molar-refractivity contribution in [3.8, 4) is 5.75 Å². The second-order valence-electron chi connectivity index (χ2n) is 6.17. The summed E-state index contributed by atoms with van der Waals surface area (Å²) in [4.78, 5) is 12.3. The van der Waals surface area contributed by atoms with Crippen molar-refractivity contribution >= 4 is 27.5 Å². The number of benzene rings is 2. The minimum absolute atomic E-state index is 0.0780. The Kier molecular flexibility index (Phi) is 7.24. The van der Waals surface area contributed by atoms with Gasteiger partial charge in [-0.1, -0.05) is 29.3 Å². The van der Waals surface area contributed by atoms with Crippen molar-refractivity contribution in [3.05, 3.63) is 58.6 Å². The number of ether oxygens (including phenoxy) is 1. The van der Waals surface area contributed by atoms with E-state index in [2.05, 4.69) is 10.0 Å². The summed E-state index contributed by atoms with van der Waals surface area (Å²) in [6.07, 6.45) is -0.724. The van der Waals surface area contributed by atoms with Crippen LogP contribution >= 0.6 is 11.6 Å². The van der Waals surface area contributed by atoms with Crippen LogP contribution in [0.1, 0.15) is 18.1 Å². The quantitative estimate of drug-likeness (QED) is 0.655. The molecule has 2 aromatic rings. The summed E-state index contributed by atoms with van der Waals surface area (Å²) in [7, 11) is -3.60. The fourth-order valence-corrected chi connectivity index (χ4v) is 3.56. The Morgan fingerprint density at radius 3 is 2.41 bits per heavy atom. The van der Waals surface area contributed by atoms with E-state index in [4.69, 9.17) is 16.3 Å². The lowest BCUT2D eigenvalue weighted by atomic mass is 10.2. The van der Waals surface area contributed by atoms with E-state index in [9.17, 15) is 13.2 Å². The lowest BCUT2D eigenvalue weighted by Gasteiger charge is -2.16. The molecule has 0 spiro atoms. The van der Waals surface area contributed by atoms with Gasteiger partial charge in [0, 0.05) is 18.1 Å². The number of aryl methyl sites for hydroxylation is 2. The number of sulfonamides is 1. The highest BCUT2D eigenvalue weighted by molar-refractivity contribution is 7.89. The van der Waals surface area contributed by atoms with Crippen molar-refractivity contribution < 1.29 is 17.9 Å². The first-order chi connectivity index (χ1) is 12.7. The minimum atomic E-state index is -3.60. The van der Waals surface area contributed by atoms with E-state index in [1.165, 1.54) is 0 Å². The summed E-state index contributed by atoms with van der Waals surface area (Å²) in [5, 5.41) is 3.24. The van der Waals surface area contributed by atoms with Gasteiger partial charge in [0.25, 0.3) is 5.91 Å². The van der Waals surface area contributed by atoms with Crippen molar-refractivity contribution in [2.75, 3.05) is 13.1 Å². The van der Waals surface area contributed by atoms with Crippen LogP contribution in [-0.2, 0) is 14.8 Å². The van der Waals surface area contributed by atoms with Gasteiger partial charge in [0.15, 0.2) is 6.10 Å². The van der Waals surface area contributed by atoms with Crippen LogP contribution in [0.4, 0.5) is 0 Å². The zero-order valence-electron chi connectivity index (χ0n) is 15.5. The van der Waals surface area contributed by atoms with Gasteiger partial charge >= 0.3 is 0 Å². The van der Waals surface area contributed by atoms with E-state index in [0.29, 0.717) is 10.8 Å².